The Hall–Kier alpha value is -1.43. The third-order valence-electron chi connectivity index (χ3n) is 2.61. The topological polar surface area (TPSA) is 90.9 Å². The van der Waals surface area contributed by atoms with Crippen molar-refractivity contribution in [1.29, 1.82) is 0 Å². The number of hydrogen-bond acceptors (Lipinski definition) is 4. The molecule has 2 atom stereocenters. The van der Waals surface area contributed by atoms with Gasteiger partial charge in [-0.1, -0.05) is 0 Å². The molecule has 0 aliphatic heterocycles. The Morgan fingerprint density at radius 3 is 3.13 bits per heavy atom. The largest absolute Gasteiger partial charge is 0.393 e. The molecule has 15 heavy (non-hydrogen) atoms. The number of H-pyrrole nitrogens is 1. The van der Waals surface area contributed by atoms with E-state index in [0.29, 0.717) is 6.42 Å². The van der Waals surface area contributed by atoms with Crippen LogP contribution in [0, 0.1) is 0 Å². The highest BCUT2D eigenvalue weighted by atomic mass is 16.3. The summed E-state index contributed by atoms with van der Waals surface area (Å²) in [6.07, 6.45) is 4.32. The van der Waals surface area contributed by atoms with Crippen molar-refractivity contribution in [1.82, 2.24) is 20.5 Å². The second-order valence-electron chi connectivity index (χ2n) is 3.82. The molecule has 1 heterocycles. The third-order valence-corrected chi connectivity index (χ3v) is 2.61. The predicted molar refractivity (Wildman–Crippen MR) is 52.1 cm³/mol. The minimum absolute atomic E-state index is 0.0475. The van der Waals surface area contributed by atoms with Crippen LogP contribution >= 0.6 is 0 Å². The standard InChI is InChI=1S/C9H14N4O2/c14-7-3-1-2-6(4-7)12-9(15)8-10-5-11-13-8/h5-7,14H,1-4H2,(H,12,15)(H,10,11,13). The first-order valence-corrected chi connectivity index (χ1v) is 5.10. The molecule has 0 saturated heterocycles. The molecule has 6 heteroatoms. The van der Waals surface area contributed by atoms with Crippen LogP contribution in [0.1, 0.15) is 36.3 Å². The van der Waals surface area contributed by atoms with Crippen LogP contribution in [0.2, 0.25) is 0 Å². The van der Waals surface area contributed by atoms with Crippen LogP contribution in [0.25, 0.3) is 0 Å². The van der Waals surface area contributed by atoms with Gasteiger partial charge in [0.15, 0.2) is 0 Å². The fourth-order valence-corrected chi connectivity index (χ4v) is 1.86. The first-order chi connectivity index (χ1) is 7.25. The molecule has 0 spiro atoms. The Kier molecular flexibility index (Phi) is 2.96. The molecule has 1 amide bonds. The summed E-state index contributed by atoms with van der Waals surface area (Å²) in [6, 6.07) is 0.0475. The van der Waals surface area contributed by atoms with Gasteiger partial charge in [0.25, 0.3) is 5.91 Å². The summed E-state index contributed by atoms with van der Waals surface area (Å²) in [5.74, 6) is -0.0401. The van der Waals surface area contributed by atoms with Crippen LogP contribution in [0.4, 0.5) is 0 Å². The normalized spacial score (nSPS) is 26.2. The number of nitrogens with one attached hydrogen (secondary N) is 2. The van der Waals surface area contributed by atoms with Gasteiger partial charge in [-0.25, -0.2) is 4.98 Å². The van der Waals surface area contributed by atoms with E-state index >= 15 is 0 Å². The monoisotopic (exact) mass is 210 g/mol. The van der Waals surface area contributed by atoms with Crippen molar-refractivity contribution >= 4 is 5.91 Å². The van der Waals surface area contributed by atoms with E-state index in [0.717, 1.165) is 19.3 Å². The van der Waals surface area contributed by atoms with Crippen LogP contribution in [0.3, 0.4) is 0 Å². The van der Waals surface area contributed by atoms with Gasteiger partial charge in [0, 0.05) is 6.04 Å². The highest BCUT2D eigenvalue weighted by Gasteiger charge is 2.22. The van der Waals surface area contributed by atoms with Crippen molar-refractivity contribution in [2.45, 2.75) is 37.8 Å². The van der Waals surface area contributed by atoms with Gasteiger partial charge in [-0.2, -0.15) is 5.10 Å². The van der Waals surface area contributed by atoms with E-state index in [1.807, 2.05) is 0 Å². The lowest BCUT2D eigenvalue weighted by atomic mass is 9.93. The van der Waals surface area contributed by atoms with Crippen LogP contribution in [0.15, 0.2) is 6.33 Å². The van der Waals surface area contributed by atoms with Crippen LogP contribution in [0.5, 0.6) is 0 Å². The van der Waals surface area contributed by atoms with Crippen molar-refractivity contribution in [3.63, 3.8) is 0 Å². The van der Waals surface area contributed by atoms with E-state index in [-0.39, 0.29) is 23.9 Å². The van der Waals surface area contributed by atoms with Gasteiger partial charge in [-0.15, -0.1) is 0 Å². The quantitative estimate of drug-likeness (QED) is 0.632. The van der Waals surface area contributed by atoms with Gasteiger partial charge in [0.1, 0.15) is 6.33 Å². The minimum Gasteiger partial charge on any atom is -0.393 e. The Labute approximate surface area is 87.1 Å². The zero-order valence-electron chi connectivity index (χ0n) is 8.31. The molecule has 1 aliphatic rings. The number of hydrogen-bond donors (Lipinski definition) is 3. The van der Waals surface area contributed by atoms with Gasteiger partial charge in [0.2, 0.25) is 5.82 Å². The van der Waals surface area contributed by atoms with Crippen LogP contribution in [-0.2, 0) is 0 Å². The number of aliphatic hydroxyl groups is 1. The van der Waals surface area contributed by atoms with Gasteiger partial charge < -0.3 is 10.4 Å². The van der Waals surface area contributed by atoms with Crippen LogP contribution < -0.4 is 5.32 Å². The highest BCUT2D eigenvalue weighted by Crippen LogP contribution is 2.18. The number of nitrogens with zero attached hydrogens (tertiary/aromatic N) is 2. The second-order valence-corrected chi connectivity index (χ2v) is 3.82. The maximum absolute atomic E-state index is 11.6. The van der Waals surface area contributed by atoms with Gasteiger partial charge in [-0.3, -0.25) is 9.89 Å². The summed E-state index contributed by atoms with van der Waals surface area (Å²) >= 11 is 0. The Balaban J connectivity index is 1.89. The summed E-state index contributed by atoms with van der Waals surface area (Å²) in [7, 11) is 0. The number of aliphatic hydroxyl groups excluding tert-OH is 1. The summed E-state index contributed by atoms with van der Waals surface area (Å²) in [5.41, 5.74) is 0. The molecular weight excluding hydrogens is 196 g/mol. The van der Waals surface area contributed by atoms with Crippen molar-refractivity contribution in [2.24, 2.45) is 0 Å². The van der Waals surface area contributed by atoms with E-state index in [1.54, 1.807) is 0 Å². The van der Waals surface area contributed by atoms with Crippen molar-refractivity contribution < 1.29 is 9.90 Å². The number of rotatable bonds is 2. The Morgan fingerprint density at radius 2 is 2.47 bits per heavy atom. The summed E-state index contributed by atoms with van der Waals surface area (Å²) < 4.78 is 0. The highest BCUT2D eigenvalue weighted by molar-refractivity contribution is 5.90. The lowest BCUT2D eigenvalue weighted by Crippen LogP contribution is -2.40. The molecule has 1 fully saturated rings. The third kappa shape index (κ3) is 2.53. The molecular formula is C9H14N4O2. The molecule has 2 rings (SSSR count). The maximum Gasteiger partial charge on any atom is 0.288 e. The number of carbonyl (C=O) groups excluding carboxylic acids is 1. The van der Waals surface area contributed by atoms with Gasteiger partial charge in [-0.05, 0) is 25.7 Å². The minimum atomic E-state index is -0.293. The molecule has 0 bridgehead atoms. The molecule has 3 N–H and O–H groups in total. The van der Waals surface area contributed by atoms with E-state index in [4.69, 9.17) is 0 Å². The fourth-order valence-electron chi connectivity index (χ4n) is 1.86. The van der Waals surface area contributed by atoms with E-state index < -0.39 is 0 Å². The maximum atomic E-state index is 11.6. The molecule has 2 unspecified atom stereocenters. The molecule has 6 nitrogen and oxygen atoms in total. The van der Waals surface area contributed by atoms with E-state index in [1.165, 1.54) is 6.33 Å². The smallest absolute Gasteiger partial charge is 0.288 e. The SMILES string of the molecule is O=C(NC1CCCC(O)C1)c1ncn[nH]1. The van der Waals surface area contributed by atoms with Gasteiger partial charge >= 0.3 is 0 Å². The van der Waals surface area contributed by atoms with E-state index in [9.17, 15) is 9.90 Å². The molecule has 0 radical (unpaired) electrons. The molecule has 0 aromatic carbocycles. The molecule has 1 aromatic heterocycles. The zero-order chi connectivity index (χ0) is 10.7. The van der Waals surface area contributed by atoms with Crippen molar-refractivity contribution in [3.05, 3.63) is 12.2 Å². The van der Waals surface area contributed by atoms with Gasteiger partial charge in [0.05, 0.1) is 6.10 Å². The summed E-state index contributed by atoms with van der Waals surface area (Å²) in [4.78, 5) is 15.3. The fraction of sp³-hybridized carbons (Fsp3) is 0.667. The molecule has 1 saturated carbocycles. The number of carbonyl (C=O) groups is 1. The zero-order valence-corrected chi connectivity index (χ0v) is 8.31. The van der Waals surface area contributed by atoms with E-state index in [2.05, 4.69) is 20.5 Å². The lowest BCUT2D eigenvalue weighted by molar-refractivity contribution is 0.0841. The number of amides is 1. The summed E-state index contributed by atoms with van der Waals surface area (Å²) in [6.45, 7) is 0. The average Bonchev–Trinajstić information content (AvgIpc) is 2.70. The first kappa shape index (κ1) is 10.1. The molecule has 1 aromatic rings. The van der Waals surface area contributed by atoms with Crippen molar-refractivity contribution in [2.75, 3.05) is 0 Å². The van der Waals surface area contributed by atoms with Crippen LogP contribution in [-0.4, -0.2) is 38.3 Å². The molecule has 1 aliphatic carbocycles. The Morgan fingerprint density at radius 1 is 1.60 bits per heavy atom. The lowest BCUT2D eigenvalue weighted by Gasteiger charge is -2.26. The summed E-state index contributed by atoms with van der Waals surface area (Å²) in [5, 5.41) is 18.4. The number of aromatic amines is 1. The predicted octanol–water partition coefficient (Wildman–Crippen LogP) is -0.162. The number of aromatic nitrogens is 3. The average molecular weight is 210 g/mol. The van der Waals surface area contributed by atoms with Crippen molar-refractivity contribution in [3.8, 4) is 0 Å². The Bertz CT molecular complexity index is 325. The first-order valence-electron chi connectivity index (χ1n) is 5.10. The second kappa shape index (κ2) is 4.39. The molecule has 82 valence electrons.